The van der Waals surface area contributed by atoms with Crippen molar-refractivity contribution < 1.29 is 13.9 Å². The molecule has 3 rings (SSSR count). The summed E-state index contributed by atoms with van der Waals surface area (Å²) in [6.07, 6.45) is 6.40. The number of nitrogens with one attached hydrogen (secondary N) is 2. The topological polar surface area (TPSA) is 66.7 Å². The van der Waals surface area contributed by atoms with Gasteiger partial charge >= 0.3 is 6.03 Å². The second-order valence-corrected chi connectivity index (χ2v) is 6.00. The normalized spacial score (nSPS) is 23.5. The van der Waals surface area contributed by atoms with Gasteiger partial charge in [-0.05, 0) is 50.9 Å². The van der Waals surface area contributed by atoms with Crippen LogP contribution in [0.15, 0.2) is 22.8 Å². The smallest absolute Gasteiger partial charge is 0.314 e. The highest BCUT2D eigenvalue weighted by Crippen LogP contribution is 2.24. The number of ether oxygens (including phenoxy) is 1. The lowest BCUT2D eigenvalue weighted by molar-refractivity contribution is 0.111. The lowest BCUT2D eigenvalue weighted by Crippen LogP contribution is -2.43. The summed E-state index contributed by atoms with van der Waals surface area (Å²) in [5.41, 5.74) is 0. The van der Waals surface area contributed by atoms with E-state index < -0.39 is 0 Å². The highest BCUT2D eigenvalue weighted by Gasteiger charge is 2.26. The number of amides is 2. The molecule has 6 nitrogen and oxygen atoms in total. The van der Waals surface area contributed by atoms with Crippen LogP contribution in [0.5, 0.6) is 0 Å². The van der Waals surface area contributed by atoms with Gasteiger partial charge in [-0.3, -0.25) is 4.90 Å². The Morgan fingerprint density at radius 2 is 2.18 bits per heavy atom. The fourth-order valence-corrected chi connectivity index (χ4v) is 3.21. The van der Waals surface area contributed by atoms with Crippen LogP contribution in [0.25, 0.3) is 0 Å². The van der Waals surface area contributed by atoms with Gasteiger partial charge in [-0.25, -0.2) is 4.79 Å². The first kappa shape index (κ1) is 15.4. The molecular formula is C16H25N3O3. The molecule has 22 heavy (non-hydrogen) atoms. The lowest BCUT2D eigenvalue weighted by Gasteiger charge is -2.26. The predicted octanol–water partition coefficient (Wildman–Crippen LogP) is 1.89. The van der Waals surface area contributed by atoms with Gasteiger partial charge in [0.15, 0.2) is 0 Å². The number of likely N-dealkylation sites (tertiary alicyclic amines) is 1. The third kappa shape index (κ3) is 4.01. The molecule has 0 spiro atoms. The lowest BCUT2D eigenvalue weighted by atomic mass is 10.2. The minimum atomic E-state index is -0.133. The molecule has 2 amide bonds. The molecule has 0 aliphatic carbocycles. The first-order chi connectivity index (χ1) is 10.8. The molecule has 1 aromatic heterocycles. The summed E-state index contributed by atoms with van der Waals surface area (Å²) in [5, 5.41) is 5.86. The van der Waals surface area contributed by atoms with Crippen molar-refractivity contribution in [1.29, 1.82) is 0 Å². The first-order valence-corrected chi connectivity index (χ1v) is 8.23. The molecule has 2 aliphatic heterocycles. The second-order valence-electron chi connectivity index (χ2n) is 6.00. The van der Waals surface area contributed by atoms with Crippen LogP contribution in [-0.4, -0.2) is 49.8 Å². The highest BCUT2D eigenvalue weighted by molar-refractivity contribution is 5.73. The van der Waals surface area contributed by atoms with Crippen LogP contribution in [0.1, 0.15) is 37.5 Å². The van der Waals surface area contributed by atoms with Crippen molar-refractivity contribution in [3.63, 3.8) is 0 Å². The number of furan rings is 1. The van der Waals surface area contributed by atoms with Crippen LogP contribution in [0, 0.1) is 0 Å². The summed E-state index contributed by atoms with van der Waals surface area (Å²) < 4.78 is 11.1. The molecule has 2 aliphatic rings. The number of hydrogen-bond donors (Lipinski definition) is 2. The SMILES string of the molecule is O=C(NC[C@@H]1CCCO1)NC[C@@H](c1ccco1)N1CCCC1. The van der Waals surface area contributed by atoms with Gasteiger partial charge in [0, 0.05) is 19.7 Å². The molecule has 2 saturated heterocycles. The van der Waals surface area contributed by atoms with Crippen LogP contribution in [0.3, 0.4) is 0 Å². The van der Waals surface area contributed by atoms with E-state index in [1.165, 1.54) is 12.8 Å². The van der Waals surface area contributed by atoms with Crippen molar-refractivity contribution >= 4 is 6.03 Å². The van der Waals surface area contributed by atoms with Gasteiger partial charge in [-0.15, -0.1) is 0 Å². The van der Waals surface area contributed by atoms with Crippen LogP contribution >= 0.6 is 0 Å². The molecule has 1 aromatic rings. The van der Waals surface area contributed by atoms with Gasteiger partial charge in [0.1, 0.15) is 5.76 Å². The molecular weight excluding hydrogens is 282 g/mol. The van der Waals surface area contributed by atoms with Crippen LogP contribution in [0.4, 0.5) is 4.79 Å². The van der Waals surface area contributed by atoms with Crippen LogP contribution in [0.2, 0.25) is 0 Å². The minimum Gasteiger partial charge on any atom is -0.468 e. The fourth-order valence-electron chi connectivity index (χ4n) is 3.21. The number of nitrogens with zero attached hydrogens (tertiary/aromatic N) is 1. The number of hydrogen-bond acceptors (Lipinski definition) is 4. The maximum absolute atomic E-state index is 12.0. The Bertz CT molecular complexity index is 451. The molecule has 122 valence electrons. The van der Waals surface area contributed by atoms with Crippen LogP contribution < -0.4 is 10.6 Å². The average Bonchev–Trinajstić information content (AvgIpc) is 3.27. The molecule has 0 saturated carbocycles. The largest absolute Gasteiger partial charge is 0.468 e. The van der Waals surface area contributed by atoms with Crippen molar-refractivity contribution in [2.24, 2.45) is 0 Å². The van der Waals surface area contributed by atoms with Gasteiger partial charge in [0.2, 0.25) is 0 Å². The van der Waals surface area contributed by atoms with E-state index in [9.17, 15) is 4.79 Å². The third-order valence-corrected chi connectivity index (χ3v) is 4.42. The standard InChI is InChI=1S/C16H25N3O3/c20-16(17-11-13-5-3-9-21-13)18-12-14(15-6-4-10-22-15)19-7-1-2-8-19/h4,6,10,13-14H,1-3,5,7-9,11-12H2,(H2,17,18,20)/t13-,14-/m0/s1. The van der Waals surface area contributed by atoms with Crippen molar-refractivity contribution in [2.45, 2.75) is 37.8 Å². The molecule has 0 bridgehead atoms. The zero-order chi connectivity index (χ0) is 15.2. The molecule has 6 heteroatoms. The third-order valence-electron chi connectivity index (χ3n) is 4.42. The van der Waals surface area contributed by atoms with Crippen molar-refractivity contribution in [3.05, 3.63) is 24.2 Å². The van der Waals surface area contributed by atoms with E-state index in [1.54, 1.807) is 6.26 Å². The van der Waals surface area contributed by atoms with Gasteiger partial charge < -0.3 is 19.8 Å². The van der Waals surface area contributed by atoms with Crippen molar-refractivity contribution in [1.82, 2.24) is 15.5 Å². The number of rotatable bonds is 6. The maximum atomic E-state index is 12.0. The highest BCUT2D eigenvalue weighted by atomic mass is 16.5. The number of urea groups is 1. The fraction of sp³-hybridized carbons (Fsp3) is 0.688. The van der Waals surface area contributed by atoms with Gasteiger partial charge in [-0.1, -0.05) is 0 Å². The van der Waals surface area contributed by atoms with E-state index in [2.05, 4.69) is 15.5 Å². The Balaban J connectivity index is 1.47. The van der Waals surface area contributed by atoms with E-state index in [0.717, 1.165) is 38.3 Å². The molecule has 2 N–H and O–H groups in total. The van der Waals surface area contributed by atoms with Crippen molar-refractivity contribution in [2.75, 3.05) is 32.8 Å². The van der Waals surface area contributed by atoms with E-state index >= 15 is 0 Å². The summed E-state index contributed by atoms with van der Waals surface area (Å²) in [5.74, 6) is 0.918. The Hall–Kier alpha value is -1.53. The Morgan fingerprint density at radius 3 is 2.86 bits per heavy atom. The molecule has 2 fully saturated rings. The number of carbonyl (C=O) groups excluding carboxylic acids is 1. The predicted molar refractivity (Wildman–Crippen MR) is 82.6 cm³/mol. The monoisotopic (exact) mass is 307 g/mol. The zero-order valence-electron chi connectivity index (χ0n) is 12.9. The second kappa shape index (κ2) is 7.65. The van der Waals surface area contributed by atoms with E-state index in [1.807, 2.05) is 12.1 Å². The van der Waals surface area contributed by atoms with Gasteiger partial charge in [0.05, 0.1) is 18.4 Å². The van der Waals surface area contributed by atoms with E-state index in [0.29, 0.717) is 13.1 Å². The first-order valence-electron chi connectivity index (χ1n) is 8.23. The van der Waals surface area contributed by atoms with E-state index in [-0.39, 0.29) is 18.2 Å². The molecule has 0 aromatic carbocycles. The molecule has 2 atom stereocenters. The number of carbonyl (C=O) groups is 1. The average molecular weight is 307 g/mol. The van der Waals surface area contributed by atoms with E-state index in [4.69, 9.17) is 9.15 Å². The quantitative estimate of drug-likeness (QED) is 0.842. The van der Waals surface area contributed by atoms with Gasteiger partial charge in [0.25, 0.3) is 0 Å². The summed E-state index contributed by atoms with van der Waals surface area (Å²) in [4.78, 5) is 14.3. The molecule has 3 heterocycles. The maximum Gasteiger partial charge on any atom is 0.314 e. The molecule has 0 radical (unpaired) electrons. The zero-order valence-corrected chi connectivity index (χ0v) is 12.9. The Labute approximate surface area is 131 Å². The van der Waals surface area contributed by atoms with Crippen LogP contribution in [-0.2, 0) is 4.74 Å². The summed E-state index contributed by atoms with van der Waals surface area (Å²) in [6, 6.07) is 3.86. The Morgan fingerprint density at radius 1 is 1.32 bits per heavy atom. The van der Waals surface area contributed by atoms with Crippen molar-refractivity contribution in [3.8, 4) is 0 Å². The van der Waals surface area contributed by atoms with Gasteiger partial charge in [-0.2, -0.15) is 0 Å². The summed E-state index contributed by atoms with van der Waals surface area (Å²) >= 11 is 0. The minimum absolute atomic E-state index is 0.117. The summed E-state index contributed by atoms with van der Waals surface area (Å²) in [6.45, 7) is 4.07. The summed E-state index contributed by atoms with van der Waals surface area (Å²) in [7, 11) is 0. The Kier molecular flexibility index (Phi) is 5.34. The molecule has 0 unspecified atom stereocenters.